The van der Waals surface area contributed by atoms with Gasteiger partial charge in [0.15, 0.2) is 0 Å². The van der Waals surface area contributed by atoms with Crippen molar-refractivity contribution >= 4 is 53.5 Å². The minimum atomic E-state index is -0.382. The normalized spacial score (nSPS) is 11.6. The van der Waals surface area contributed by atoms with E-state index in [4.69, 9.17) is 5.73 Å². The molecule has 0 radical (unpaired) electrons. The van der Waals surface area contributed by atoms with Gasteiger partial charge in [-0.05, 0) is 42.7 Å². The molecule has 2 aromatic rings. The number of aliphatic imine (C=N–C) groups is 1. The van der Waals surface area contributed by atoms with Crippen molar-refractivity contribution < 1.29 is 4.39 Å². The number of benzene rings is 2. The van der Waals surface area contributed by atoms with Crippen molar-refractivity contribution in [2.75, 3.05) is 30.6 Å². The zero-order valence-electron chi connectivity index (χ0n) is 13.6. The summed E-state index contributed by atoms with van der Waals surface area (Å²) in [6.07, 6.45) is 2.03. The van der Waals surface area contributed by atoms with E-state index in [-0.39, 0.29) is 6.67 Å². The van der Waals surface area contributed by atoms with Gasteiger partial charge in [-0.15, -0.1) is 36.2 Å². The van der Waals surface area contributed by atoms with E-state index in [1.165, 1.54) is 11.8 Å². The molecule has 0 amide bonds. The minimum absolute atomic E-state index is 0.370. The van der Waals surface area contributed by atoms with Crippen LogP contribution in [0.15, 0.2) is 62.1 Å². The van der Waals surface area contributed by atoms with Gasteiger partial charge in [0.05, 0.1) is 12.4 Å². The van der Waals surface area contributed by atoms with E-state index in [1.54, 1.807) is 11.8 Å². The molecular formula is C17H20FN3S3. The van der Waals surface area contributed by atoms with Crippen LogP contribution in [0.4, 0.5) is 15.8 Å². The van der Waals surface area contributed by atoms with Crippen LogP contribution in [0.3, 0.4) is 0 Å². The first-order chi connectivity index (χ1) is 11.5. The number of alkyl halides is 1. The second-order valence-corrected chi connectivity index (χ2v) is 7.45. The first-order valence-electron chi connectivity index (χ1n) is 7.29. The maximum Gasteiger partial charge on any atom is 0.200 e. The van der Waals surface area contributed by atoms with Crippen LogP contribution >= 0.6 is 36.2 Å². The Morgan fingerprint density at radius 2 is 2.08 bits per heavy atom. The fraction of sp³-hybridized carbons (Fsp3) is 0.235. The predicted molar refractivity (Wildman–Crippen MR) is 108 cm³/mol. The van der Waals surface area contributed by atoms with Crippen molar-refractivity contribution in [3.05, 3.63) is 42.5 Å². The SMILES string of the molecule is CSc1cccc(N(C)C(N)=Nc2cc(S)ccc2SCCF)c1. The second kappa shape index (κ2) is 9.25. The Hall–Kier alpha value is -1.31. The van der Waals surface area contributed by atoms with E-state index in [0.717, 1.165) is 20.4 Å². The topological polar surface area (TPSA) is 41.6 Å². The highest BCUT2D eigenvalue weighted by atomic mass is 32.2. The Kier molecular flexibility index (Phi) is 7.33. The number of hydrogen-bond donors (Lipinski definition) is 2. The van der Waals surface area contributed by atoms with Gasteiger partial charge in [-0.3, -0.25) is 4.39 Å². The second-order valence-electron chi connectivity index (χ2n) is 4.92. The third kappa shape index (κ3) is 5.09. The molecule has 0 aliphatic carbocycles. The van der Waals surface area contributed by atoms with Crippen LogP contribution < -0.4 is 10.6 Å². The summed E-state index contributed by atoms with van der Waals surface area (Å²) in [4.78, 5) is 9.19. The lowest BCUT2D eigenvalue weighted by molar-refractivity contribution is 0.533. The third-order valence-corrected chi connectivity index (χ3v) is 5.31. The van der Waals surface area contributed by atoms with Gasteiger partial charge < -0.3 is 10.6 Å². The molecule has 0 spiro atoms. The van der Waals surface area contributed by atoms with Gasteiger partial charge >= 0.3 is 0 Å². The molecule has 0 aliphatic rings. The number of thioether (sulfide) groups is 2. The van der Waals surface area contributed by atoms with Crippen LogP contribution in [0.5, 0.6) is 0 Å². The lowest BCUT2D eigenvalue weighted by Crippen LogP contribution is -2.33. The zero-order chi connectivity index (χ0) is 17.5. The lowest BCUT2D eigenvalue weighted by Gasteiger charge is -2.19. The summed E-state index contributed by atoms with van der Waals surface area (Å²) in [7, 11) is 1.87. The number of guanidine groups is 1. The van der Waals surface area contributed by atoms with E-state index in [9.17, 15) is 4.39 Å². The molecule has 2 rings (SSSR count). The Morgan fingerprint density at radius 1 is 1.29 bits per heavy atom. The largest absolute Gasteiger partial charge is 0.369 e. The summed E-state index contributed by atoms with van der Waals surface area (Å²) in [6.45, 7) is -0.382. The Morgan fingerprint density at radius 3 is 2.79 bits per heavy atom. The molecule has 0 aliphatic heterocycles. The van der Waals surface area contributed by atoms with Crippen molar-refractivity contribution in [1.82, 2.24) is 0 Å². The summed E-state index contributed by atoms with van der Waals surface area (Å²) in [6, 6.07) is 13.7. The molecule has 3 nitrogen and oxygen atoms in total. The van der Waals surface area contributed by atoms with E-state index < -0.39 is 0 Å². The van der Waals surface area contributed by atoms with Gasteiger partial charge in [0.25, 0.3) is 0 Å². The smallest absolute Gasteiger partial charge is 0.200 e. The highest BCUT2D eigenvalue weighted by molar-refractivity contribution is 7.99. The van der Waals surface area contributed by atoms with E-state index in [0.29, 0.717) is 17.4 Å². The quantitative estimate of drug-likeness (QED) is 0.325. The molecule has 2 aromatic carbocycles. The molecular weight excluding hydrogens is 361 g/mol. The monoisotopic (exact) mass is 381 g/mol. The summed E-state index contributed by atoms with van der Waals surface area (Å²) in [5.74, 6) is 0.759. The molecule has 0 fully saturated rings. The fourth-order valence-corrected chi connectivity index (χ4v) is 3.38. The van der Waals surface area contributed by atoms with Crippen LogP contribution in [-0.2, 0) is 0 Å². The third-order valence-electron chi connectivity index (χ3n) is 3.30. The van der Waals surface area contributed by atoms with E-state index in [1.807, 2.05) is 54.6 Å². The standard InChI is InChI=1S/C17H20FN3S3/c1-21(12-4-3-5-14(10-12)23-2)17(19)20-15-11-13(22)6-7-16(15)24-9-8-18/h3-7,10-11,22H,8-9H2,1-2H3,(H2,19,20). The van der Waals surface area contributed by atoms with Crippen molar-refractivity contribution in [3.63, 3.8) is 0 Å². The number of thiol groups is 1. The van der Waals surface area contributed by atoms with Crippen LogP contribution in [0, 0.1) is 0 Å². The molecule has 0 saturated carbocycles. The summed E-state index contributed by atoms with van der Waals surface area (Å²) in [5, 5.41) is 0. The molecule has 128 valence electrons. The predicted octanol–water partition coefficient (Wildman–Crippen LogP) is 4.84. The number of halogens is 1. The number of anilines is 1. The molecule has 0 aromatic heterocycles. The molecule has 0 heterocycles. The fourth-order valence-electron chi connectivity index (χ4n) is 2.01. The van der Waals surface area contributed by atoms with E-state index in [2.05, 4.69) is 23.7 Å². The van der Waals surface area contributed by atoms with E-state index >= 15 is 0 Å². The first-order valence-corrected chi connectivity index (χ1v) is 9.94. The molecule has 2 N–H and O–H groups in total. The highest BCUT2D eigenvalue weighted by Crippen LogP contribution is 2.32. The van der Waals surface area contributed by atoms with Crippen LogP contribution in [0.2, 0.25) is 0 Å². The maximum absolute atomic E-state index is 12.5. The van der Waals surface area contributed by atoms with Crippen LogP contribution in [0.1, 0.15) is 0 Å². The Balaban J connectivity index is 2.30. The summed E-state index contributed by atoms with van der Waals surface area (Å²) in [5.41, 5.74) is 7.84. The molecule has 0 atom stereocenters. The van der Waals surface area contributed by atoms with Gasteiger partial charge in [-0.1, -0.05) is 6.07 Å². The van der Waals surface area contributed by atoms with Gasteiger partial charge in [0.2, 0.25) is 5.96 Å². The number of nitrogens with two attached hydrogens (primary N) is 1. The first kappa shape index (κ1) is 19.0. The van der Waals surface area contributed by atoms with Crippen LogP contribution in [-0.4, -0.2) is 31.7 Å². The molecule has 24 heavy (non-hydrogen) atoms. The Bertz CT molecular complexity index is 722. The van der Waals surface area contributed by atoms with Gasteiger partial charge in [0, 0.05) is 33.2 Å². The van der Waals surface area contributed by atoms with Crippen molar-refractivity contribution in [2.45, 2.75) is 14.7 Å². The number of rotatable bonds is 6. The van der Waals surface area contributed by atoms with Gasteiger partial charge in [-0.2, -0.15) is 0 Å². The number of nitrogens with zero attached hydrogens (tertiary/aromatic N) is 2. The lowest BCUT2D eigenvalue weighted by atomic mass is 10.3. The van der Waals surface area contributed by atoms with Crippen molar-refractivity contribution in [3.8, 4) is 0 Å². The van der Waals surface area contributed by atoms with Crippen molar-refractivity contribution in [2.24, 2.45) is 10.7 Å². The summed E-state index contributed by atoms with van der Waals surface area (Å²) < 4.78 is 12.5. The summed E-state index contributed by atoms with van der Waals surface area (Å²) >= 11 is 7.44. The molecule has 0 bridgehead atoms. The average Bonchev–Trinajstić information content (AvgIpc) is 2.60. The average molecular weight is 382 g/mol. The highest BCUT2D eigenvalue weighted by Gasteiger charge is 2.09. The number of hydrogen-bond acceptors (Lipinski definition) is 4. The van der Waals surface area contributed by atoms with Crippen molar-refractivity contribution in [1.29, 1.82) is 0 Å². The zero-order valence-corrected chi connectivity index (χ0v) is 16.1. The Labute approximate surface area is 156 Å². The minimum Gasteiger partial charge on any atom is -0.369 e. The van der Waals surface area contributed by atoms with Gasteiger partial charge in [0.1, 0.15) is 0 Å². The van der Waals surface area contributed by atoms with Crippen LogP contribution in [0.25, 0.3) is 0 Å². The molecule has 7 heteroatoms. The molecule has 0 unspecified atom stereocenters. The maximum atomic E-state index is 12.5. The molecule has 0 saturated heterocycles. The van der Waals surface area contributed by atoms with Gasteiger partial charge in [-0.25, -0.2) is 4.99 Å².